The summed E-state index contributed by atoms with van der Waals surface area (Å²) in [6.45, 7) is 5.10. The molecule has 2 aromatic carbocycles. The smallest absolute Gasteiger partial charge is 0.293 e. The normalized spacial score (nSPS) is 15.6. The molecule has 1 fully saturated rings. The van der Waals surface area contributed by atoms with Crippen molar-refractivity contribution >= 4 is 29.0 Å². The fourth-order valence-electron chi connectivity index (χ4n) is 2.67. The lowest BCUT2D eigenvalue weighted by Crippen LogP contribution is -2.29. The number of thioether (sulfide) groups is 1. The van der Waals surface area contributed by atoms with Gasteiger partial charge in [-0.05, 0) is 54.4 Å². The van der Waals surface area contributed by atoms with Crippen molar-refractivity contribution in [1.29, 1.82) is 0 Å². The topological polar surface area (TPSA) is 46.6 Å². The van der Waals surface area contributed by atoms with Crippen LogP contribution in [0.25, 0.3) is 6.08 Å². The highest BCUT2D eigenvalue weighted by molar-refractivity contribution is 8.18. The molecule has 2 aromatic rings. The summed E-state index contributed by atoms with van der Waals surface area (Å²) < 4.78 is 5.80. The molecule has 1 heterocycles. The van der Waals surface area contributed by atoms with E-state index in [1.54, 1.807) is 6.08 Å². The first-order chi connectivity index (χ1) is 13.1. The monoisotopic (exact) mass is 381 g/mol. The number of hydrogen-bond acceptors (Lipinski definition) is 4. The summed E-state index contributed by atoms with van der Waals surface area (Å²) in [5.41, 5.74) is 3.21. The molecule has 0 bridgehead atoms. The molecule has 0 aromatic heterocycles. The summed E-state index contributed by atoms with van der Waals surface area (Å²) in [5, 5.41) is -0.183. The van der Waals surface area contributed by atoms with Crippen molar-refractivity contribution < 1.29 is 14.3 Å². The van der Waals surface area contributed by atoms with Crippen molar-refractivity contribution in [1.82, 2.24) is 4.90 Å². The molecule has 0 unspecified atom stereocenters. The highest BCUT2D eigenvalue weighted by atomic mass is 32.2. The molecule has 0 saturated carbocycles. The lowest BCUT2D eigenvalue weighted by molar-refractivity contribution is -0.122. The van der Waals surface area contributed by atoms with Gasteiger partial charge in [-0.2, -0.15) is 0 Å². The van der Waals surface area contributed by atoms with Crippen LogP contribution in [0, 0.1) is 6.92 Å². The third-order valence-electron chi connectivity index (χ3n) is 4.31. The van der Waals surface area contributed by atoms with E-state index in [4.69, 9.17) is 4.74 Å². The van der Waals surface area contributed by atoms with Crippen LogP contribution in [0.4, 0.5) is 4.79 Å². The van der Waals surface area contributed by atoms with E-state index in [0.717, 1.165) is 41.5 Å². The number of benzene rings is 2. The molecule has 1 aliphatic rings. The zero-order valence-corrected chi connectivity index (χ0v) is 16.4. The van der Waals surface area contributed by atoms with Gasteiger partial charge in [-0.15, -0.1) is 0 Å². The van der Waals surface area contributed by atoms with Crippen LogP contribution in [0.3, 0.4) is 0 Å². The number of hydrogen-bond donors (Lipinski definition) is 0. The highest BCUT2D eigenvalue weighted by Crippen LogP contribution is 2.32. The predicted molar refractivity (Wildman–Crippen MR) is 110 cm³/mol. The second-order valence-corrected chi connectivity index (χ2v) is 7.52. The van der Waals surface area contributed by atoms with Crippen LogP contribution in [-0.4, -0.2) is 22.6 Å². The Morgan fingerprint density at radius 3 is 2.41 bits per heavy atom. The second-order valence-electron chi connectivity index (χ2n) is 6.53. The maximum absolute atomic E-state index is 12.4. The molecule has 0 atom stereocenters. The number of aryl methyl sites for hydroxylation is 1. The first-order valence-electron chi connectivity index (χ1n) is 9.10. The summed E-state index contributed by atoms with van der Waals surface area (Å²) in [4.78, 5) is 26.2. The fourth-order valence-corrected chi connectivity index (χ4v) is 3.54. The van der Waals surface area contributed by atoms with Crippen LogP contribution in [0.15, 0.2) is 53.4 Å². The fraction of sp³-hybridized carbons (Fsp3) is 0.273. The van der Waals surface area contributed by atoms with Crippen LogP contribution in [0.1, 0.15) is 36.5 Å². The van der Waals surface area contributed by atoms with Gasteiger partial charge in [0.2, 0.25) is 0 Å². The third-order valence-corrected chi connectivity index (χ3v) is 5.22. The number of unbranched alkanes of at least 4 members (excludes halogenated alkanes) is 1. The van der Waals surface area contributed by atoms with E-state index < -0.39 is 0 Å². The average Bonchev–Trinajstić information content (AvgIpc) is 2.94. The molecular formula is C22H23NO3S. The molecule has 0 spiro atoms. The average molecular weight is 381 g/mol. The van der Waals surface area contributed by atoms with E-state index in [9.17, 15) is 9.59 Å². The number of carbonyl (C=O) groups excluding carboxylic acids is 2. The SMILES string of the molecule is CCCCN1C(=O)SC(=Cc2ccc(OCc3ccc(C)cc3)cc2)C1=O. The first-order valence-corrected chi connectivity index (χ1v) is 9.92. The molecule has 0 N–H and O–H groups in total. The Balaban J connectivity index is 1.61. The van der Waals surface area contributed by atoms with Crippen LogP contribution in [0.5, 0.6) is 5.75 Å². The van der Waals surface area contributed by atoms with Gasteiger partial charge in [0.25, 0.3) is 11.1 Å². The number of ether oxygens (including phenoxy) is 1. The minimum atomic E-state index is -0.196. The van der Waals surface area contributed by atoms with Gasteiger partial charge in [-0.25, -0.2) is 0 Å². The van der Waals surface area contributed by atoms with Gasteiger partial charge >= 0.3 is 0 Å². The summed E-state index contributed by atoms with van der Waals surface area (Å²) in [7, 11) is 0. The molecule has 1 saturated heterocycles. The molecule has 140 valence electrons. The van der Waals surface area contributed by atoms with Crippen molar-refractivity contribution in [3.8, 4) is 5.75 Å². The Morgan fingerprint density at radius 1 is 1.04 bits per heavy atom. The molecule has 27 heavy (non-hydrogen) atoms. The summed E-state index contributed by atoms with van der Waals surface area (Å²) >= 11 is 1.01. The van der Waals surface area contributed by atoms with Crippen LogP contribution >= 0.6 is 11.8 Å². The van der Waals surface area contributed by atoms with Gasteiger partial charge < -0.3 is 4.74 Å². The Kier molecular flexibility index (Phi) is 6.35. The van der Waals surface area contributed by atoms with Crippen molar-refractivity contribution in [2.45, 2.75) is 33.3 Å². The van der Waals surface area contributed by atoms with E-state index in [1.807, 2.05) is 31.2 Å². The van der Waals surface area contributed by atoms with Gasteiger partial charge in [0.1, 0.15) is 12.4 Å². The van der Waals surface area contributed by atoms with Crippen molar-refractivity contribution in [3.05, 3.63) is 70.1 Å². The predicted octanol–water partition coefficient (Wildman–Crippen LogP) is 5.41. The minimum Gasteiger partial charge on any atom is -0.489 e. The van der Waals surface area contributed by atoms with E-state index in [-0.39, 0.29) is 11.1 Å². The Bertz CT molecular complexity index is 841. The molecule has 3 rings (SSSR count). The zero-order valence-electron chi connectivity index (χ0n) is 15.6. The Hall–Kier alpha value is -2.53. The molecular weight excluding hydrogens is 358 g/mol. The number of carbonyl (C=O) groups is 2. The third kappa shape index (κ3) is 5.01. The number of nitrogens with zero attached hydrogens (tertiary/aromatic N) is 1. The largest absolute Gasteiger partial charge is 0.489 e. The van der Waals surface area contributed by atoms with E-state index >= 15 is 0 Å². The van der Waals surface area contributed by atoms with Gasteiger partial charge in [0, 0.05) is 6.54 Å². The van der Waals surface area contributed by atoms with Crippen LogP contribution in [0.2, 0.25) is 0 Å². The van der Waals surface area contributed by atoms with E-state index in [1.165, 1.54) is 10.5 Å². The molecule has 1 aliphatic heterocycles. The van der Waals surface area contributed by atoms with Gasteiger partial charge in [0.05, 0.1) is 4.91 Å². The lowest BCUT2D eigenvalue weighted by atomic mass is 10.1. The van der Waals surface area contributed by atoms with Gasteiger partial charge in [-0.1, -0.05) is 55.3 Å². The Morgan fingerprint density at radius 2 is 1.74 bits per heavy atom. The molecule has 4 nitrogen and oxygen atoms in total. The first kappa shape index (κ1) is 19.2. The van der Waals surface area contributed by atoms with Crippen molar-refractivity contribution in [2.75, 3.05) is 6.54 Å². The second kappa shape index (κ2) is 8.91. The zero-order chi connectivity index (χ0) is 19.2. The highest BCUT2D eigenvalue weighted by Gasteiger charge is 2.34. The molecule has 2 amide bonds. The van der Waals surface area contributed by atoms with Gasteiger partial charge in [0.15, 0.2) is 0 Å². The standard InChI is InChI=1S/C22H23NO3S/c1-3-4-13-23-21(24)20(27-22(23)25)14-17-9-11-19(12-10-17)26-15-18-7-5-16(2)6-8-18/h5-12,14H,3-4,13,15H2,1-2H3. The van der Waals surface area contributed by atoms with Gasteiger partial charge in [-0.3, -0.25) is 14.5 Å². The molecule has 0 radical (unpaired) electrons. The Labute approximate surface area is 164 Å². The van der Waals surface area contributed by atoms with E-state index in [0.29, 0.717) is 18.1 Å². The maximum atomic E-state index is 12.4. The quantitative estimate of drug-likeness (QED) is 0.602. The number of imide groups is 1. The maximum Gasteiger partial charge on any atom is 0.293 e. The summed E-state index contributed by atoms with van der Waals surface area (Å²) in [5.74, 6) is 0.571. The molecule has 0 aliphatic carbocycles. The van der Waals surface area contributed by atoms with Crippen molar-refractivity contribution in [3.63, 3.8) is 0 Å². The van der Waals surface area contributed by atoms with Crippen LogP contribution in [-0.2, 0) is 11.4 Å². The number of rotatable bonds is 7. The lowest BCUT2D eigenvalue weighted by Gasteiger charge is -2.10. The summed E-state index contributed by atoms with van der Waals surface area (Å²) in [6, 6.07) is 15.8. The number of amides is 2. The van der Waals surface area contributed by atoms with E-state index in [2.05, 4.69) is 31.2 Å². The van der Waals surface area contributed by atoms with Crippen molar-refractivity contribution in [2.24, 2.45) is 0 Å². The van der Waals surface area contributed by atoms with Crippen LogP contribution < -0.4 is 4.74 Å². The minimum absolute atomic E-state index is 0.183. The molecule has 5 heteroatoms. The summed E-state index contributed by atoms with van der Waals surface area (Å²) in [6.07, 6.45) is 3.55.